The van der Waals surface area contributed by atoms with E-state index in [9.17, 15) is 13.2 Å². The van der Waals surface area contributed by atoms with Crippen LogP contribution in [0.5, 0.6) is 0 Å². The second-order valence-electron chi connectivity index (χ2n) is 8.06. The Bertz CT molecular complexity index is 700. The van der Waals surface area contributed by atoms with Crippen molar-refractivity contribution in [3.8, 4) is 0 Å². The van der Waals surface area contributed by atoms with Gasteiger partial charge in [0.25, 0.3) is 0 Å². The number of carbonyl (C=O) groups is 1. The normalized spacial score (nSPS) is 28.5. The summed E-state index contributed by atoms with van der Waals surface area (Å²) in [5, 5.41) is -0.585. The SMILES string of the molecule is CC(C)c1cccc(C(C)C)c1C(=O)C1CC2CCC(C1)S2(=O)=O. The summed E-state index contributed by atoms with van der Waals surface area (Å²) in [6.07, 6.45) is 2.50. The van der Waals surface area contributed by atoms with E-state index in [2.05, 4.69) is 39.8 Å². The maximum atomic E-state index is 13.4. The van der Waals surface area contributed by atoms with E-state index >= 15 is 0 Å². The van der Waals surface area contributed by atoms with Crippen LogP contribution in [0.3, 0.4) is 0 Å². The zero-order chi connectivity index (χ0) is 17.6. The molecule has 4 heteroatoms. The molecule has 0 aliphatic carbocycles. The Morgan fingerprint density at radius 3 is 1.83 bits per heavy atom. The lowest BCUT2D eigenvalue weighted by Gasteiger charge is -2.29. The van der Waals surface area contributed by atoms with Crippen LogP contribution in [0.2, 0.25) is 0 Å². The lowest BCUT2D eigenvalue weighted by molar-refractivity contribution is 0.0902. The predicted molar refractivity (Wildman–Crippen MR) is 97.4 cm³/mol. The summed E-state index contributed by atoms with van der Waals surface area (Å²) in [6, 6.07) is 6.15. The Hall–Kier alpha value is -1.16. The van der Waals surface area contributed by atoms with Crippen molar-refractivity contribution in [2.24, 2.45) is 5.92 Å². The summed E-state index contributed by atoms with van der Waals surface area (Å²) >= 11 is 0. The Balaban J connectivity index is 1.99. The van der Waals surface area contributed by atoms with Gasteiger partial charge in [-0.25, -0.2) is 8.42 Å². The third-order valence-electron chi connectivity index (χ3n) is 5.82. The van der Waals surface area contributed by atoms with Crippen LogP contribution in [0, 0.1) is 5.92 Å². The van der Waals surface area contributed by atoms with Crippen molar-refractivity contribution in [2.75, 3.05) is 0 Å². The van der Waals surface area contributed by atoms with E-state index < -0.39 is 9.84 Å². The second-order valence-corrected chi connectivity index (χ2v) is 10.6. The van der Waals surface area contributed by atoms with Gasteiger partial charge in [-0.3, -0.25) is 4.79 Å². The van der Waals surface area contributed by atoms with E-state index in [4.69, 9.17) is 0 Å². The summed E-state index contributed by atoms with van der Waals surface area (Å²) < 4.78 is 24.6. The van der Waals surface area contributed by atoms with E-state index in [1.165, 1.54) is 0 Å². The molecule has 24 heavy (non-hydrogen) atoms. The molecule has 3 rings (SSSR count). The first-order valence-electron chi connectivity index (χ1n) is 9.13. The summed E-state index contributed by atoms with van der Waals surface area (Å²) in [6.45, 7) is 8.47. The summed E-state index contributed by atoms with van der Waals surface area (Å²) in [5.41, 5.74) is 3.07. The van der Waals surface area contributed by atoms with Gasteiger partial charge in [0.2, 0.25) is 0 Å². The highest BCUT2D eigenvalue weighted by atomic mass is 32.2. The Labute approximate surface area is 145 Å². The lowest BCUT2D eigenvalue weighted by atomic mass is 9.81. The number of fused-ring (bicyclic) bond motifs is 2. The second kappa shape index (κ2) is 6.29. The Morgan fingerprint density at radius 2 is 1.42 bits per heavy atom. The molecule has 132 valence electrons. The van der Waals surface area contributed by atoms with Crippen LogP contribution in [0.4, 0.5) is 0 Å². The highest BCUT2D eigenvalue weighted by Gasteiger charge is 2.48. The minimum Gasteiger partial charge on any atom is -0.294 e. The summed E-state index contributed by atoms with van der Waals surface area (Å²) in [7, 11) is -2.98. The van der Waals surface area contributed by atoms with Crippen LogP contribution in [0.25, 0.3) is 0 Å². The molecule has 2 aliphatic heterocycles. The highest BCUT2D eigenvalue weighted by molar-refractivity contribution is 7.93. The molecular formula is C20H28O3S. The largest absolute Gasteiger partial charge is 0.294 e. The van der Waals surface area contributed by atoms with Crippen molar-refractivity contribution < 1.29 is 13.2 Å². The standard InChI is InChI=1S/C20H28O3S/c1-12(2)17-6-5-7-18(13(3)4)19(17)20(21)14-10-15-8-9-16(11-14)24(15,22)23/h5-7,12-16H,8-11H2,1-4H3. The average Bonchev–Trinajstić information content (AvgIpc) is 2.71. The van der Waals surface area contributed by atoms with Crippen LogP contribution in [0.1, 0.15) is 86.7 Å². The van der Waals surface area contributed by atoms with Crippen LogP contribution < -0.4 is 0 Å². The molecule has 1 aromatic carbocycles. The third kappa shape index (κ3) is 2.83. The van der Waals surface area contributed by atoms with E-state index in [1.807, 2.05) is 6.07 Å². The molecule has 0 spiro atoms. The van der Waals surface area contributed by atoms with E-state index in [1.54, 1.807) is 0 Å². The fourth-order valence-electron chi connectivity index (χ4n) is 4.46. The summed E-state index contributed by atoms with van der Waals surface area (Å²) in [5.74, 6) is 0.608. The number of benzene rings is 1. The van der Waals surface area contributed by atoms with Gasteiger partial charge in [-0.1, -0.05) is 45.9 Å². The number of hydrogen-bond donors (Lipinski definition) is 0. The minimum absolute atomic E-state index is 0.136. The molecule has 1 aromatic rings. The molecule has 0 saturated carbocycles. The number of hydrogen-bond acceptors (Lipinski definition) is 3. The third-order valence-corrected chi connectivity index (χ3v) is 8.54. The number of ketones is 1. The molecule has 0 aromatic heterocycles. The van der Waals surface area contributed by atoms with Crippen LogP contribution in [-0.4, -0.2) is 24.7 Å². The maximum Gasteiger partial charge on any atom is 0.166 e. The monoisotopic (exact) mass is 348 g/mol. The molecule has 0 radical (unpaired) electrons. The van der Waals surface area contributed by atoms with Gasteiger partial charge in [0.1, 0.15) is 0 Å². The van der Waals surface area contributed by atoms with Gasteiger partial charge in [-0.2, -0.15) is 0 Å². The quantitative estimate of drug-likeness (QED) is 0.754. The number of carbonyl (C=O) groups excluding carboxylic acids is 1. The topological polar surface area (TPSA) is 51.2 Å². The van der Waals surface area contributed by atoms with Crippen LogP contribution in [-0.2, 0) is 9.84 Å². The van der Waals surface area contributed by atoms with Gasteiger partial charge in [0.15, 0.2) is 15.6 Å². The van der Waals surface area contributed by atoms with Gasteiger partial charge >= 0.3 is 0 Å². The van der Waals surface area contributed by atoms with Gasteiger partial charge in [0, 0.05) is 11.5 Å². The highest BCUT2D eigenvalue weighted by Crippen LogP contribution is 2.43. The van der Waals surface area contributed by atoms with Crippen LogP contribution in [0.15, 0.2) is 18.2 Å². The maximum absolute atomic E-state index is 13.4. The van der Waals surface area contributed by atoms with Crippen molar-refractivity contribution in [1.29, 1.82) is 0 Å². The fraction of sp³-hybridized carbons (Fsp3) is 0.650. The first-order chi connectivity index (χ1) is 11.2. The van der Waals surface area contributed by atoms with Gasteiger partial charge < -0.3 is 0 Å². The molecule has 2 fully saturated rings. The van der Waals surface area contributed by atoms with Gasteiger partial charge in [0.05, 0.1) is 10.5 Å². The van der Waals surface area contributed by atoms with E-state index in [0.29, 0.717) is 12.8 Å². The predicted octanol–water partition coefficient (Wildman–Crippen LogP) is 4.47. The molecule has 0 amide bonds. The average molecular weight is 349 g/mol. The van der Waals surface area contributed by atoms with Crippen molar-refractivity contribution in [3.63, 3.8) is 0 Å². The van der Waals surface area contributed by atoms with Crippen molar-refractivity contribution in [3.05, 3.63) is 34.9 Å². The van der Waals surface area contributed by atoms with Crippen molar-refractivity contribution in [1.82, 2.24) is 0 Å². The summed E-state index contributed by atoms with van der Waals surface area (Å²) in [4.78, 5) is 13.4. The molecule has 2 bridgehead atoms. The molecule has 3 nitrogen and oxygen atoms in total. The molecule has 2 heterocycles. The first-order valence-corrected chi connectivity index (χ1v) is 10.7. The molecule has 0 N–H and O–H groups in total. The molecule has 2 aliphatic rings. The first kappa shape index (κ1) is 17.7. The van der Waals surface area contributed by atoms with Gasteiger partial charge in [-0.05, 0) is 48.6 Å². The lowest BCUT2D eigenvalue weighted by Crippen LogP contribution is -2.36. The number of rotatable bonds is 4. The molecular weight excluding hydrogens is 320 g/mol. The number of Topliss-reactive ketones (excluding diaryl/α,β-unsaturated/α-hetero) is 1. The van der Waals surface area contributed by atoms with E-state index in [-0.39, 0.29) is 34.0 Å². The molecule has 2 saturated heterocycles. The van der Waals surface area contributed by atoms with E-state index in [0.717, 1.165) is 29.5 Å². The smallest absolute Gasteiger partial charge is 0.166 e. The van der Waals surface area contributed by atoms with Crippen molar-refractivity contribution in [2.45, 2.75) is 75.7 Å². The zero-order valence-electron chi connectivity index (χ0n) is 15.1. The molecule has 2 atom stereocenters. The number of sulfone groups is 1. The van der Waals surface area contributed by atoms with Crippen molar-refractivity contribution >= 4 is 15.6 Å². The Kier molecular flexibility index (Phi) is 4.63. The zero-order valence-corrected chi connectivity index (χ0v) is 15.9. The fourth-order valence-corrected chi connectivity index (χ4v) is 6.94. The van der Waals surface area contributed by atoms with Crippen LogP contribution >= 0.6 is 0 Å². The van der Waals surface area contributed by atoms with Gasteiger partial charge in [-0.15, -0.1) is 0 Å². The Morgan fingerprint density at radius 1 is 0.958 bits per heavy atom. The minimum atomic E-state index is -2.98. The molecule has 2 unspecified atom stereocenters.